The maximum Gasteiger partial charge on any atom is 0.160 e. The molecule has 0 radical (unpaired) electrons. The van der Waals surface area contributed by atoms with Crippen LogP contribution in [0.25, 0.3) is 16.5 Å². The Labute approximate surface area is 125 Å². The van der Waals surface area contributed by atoms with Gasteiger partial charge in [0.1, 0.15) is 0 Å². The van der Waals surface area contributed by atoms with E-state index in [2.05, 4.69) is 24.4 Å². The van der Waals surface area contributed by atoms with E-state index in [1.54, 1.807) is 6.92 Å². The average molecular weight is 279 g/mol. The molecule has 0 aliphatic heterocycles. The summed E-state index contributed by atoms with van der Waals surface area (Å²) in [4.78, 5) is 11.8. The lowest BCUT2D eigenvalue weighted by Gasteiger charge is -2.24. The van der Waals surface area contributed by atoms with Crippen molar-refractivity contribution in [2.45, 2.75) is 33.1 Å². The van der Waals surface area contributed by atoms with Crippen LogP contribution in [-0.2, 0) is 0 Å². The standard InChI is InChI=1S/C19H21NO/c1-3-20-19(14-7-6-8-14)18-12-11-15(13(2)21)16-9-4-5-10-17(16)18/h4-5,9-12,20H,3,6-8H2,1-2H3. The summed E-state index contributed by atoms with van der Waals surface area (Å²) in [6, 6.07) is 12.3. The van der Waals surface area contributed by atoms with Gasteiger partial charge in [-0.1, -0.05) is 36.4 Å². The number of ketones is 1. The highest BCUT2D eigenvalue weighted by atomic mass is 16.1. The van der Waals surface area contributed by atoms with Gasteiger partial charge >= 0.3 is 0 Å². The molecule has 21 heavy (non-hydrogen) atoms. The molecule has 0 amide bonds. The summed E-state index contributed by atoms with van der Waals surface area (Å²) in [5, 5.41) is 5.76. The number of allylic oxidation sites excluding steroid dienone is 1. The van der Waals surface area contributed by atoms with Gasteiger partial charge in [0.2, 0.25) is 0 Å². The fourth-order valence-corrected chi connectivity index (χ4v) is 3.02. The zero-order valence-electron chi connectivity index (χ0n) is 12.7. The normalized spacial score (nSPS) is 13.9. The van der Waals surface area contributed by atoms with E-state index in [4.69, 9.17) is 0 Å². The maximum absolute atomic E-state index is 11.8. The third-order valence-electron chi connectivity index (χ3n) is 4.24. The molecule has 1 fully saturated rings. The molecule has 1 aliphatic rings. The van der Waals surface area contributed by atoms with Crippen LogP contribution in [0.5, 0.6) is 0 Å². The van der Waals surface area contributed by atoms with Crippen LogP contribution in [0.2, 0.25) is 0 Å². The van der Waals surface area contributed by atoms with E-state index in [0.717, 1.165) is 17.5 Å². The van der Waals surface area contributed by atoms with Gasteiger partial charge in [-0.05, 0) is 49.5 Å². The molecule has 0 heterocycles. The molecule has 1 N–H and O–H groups in total. The first-order valence-electron chi connectivity index (χ1n) is 7.71. The number of hydrogen-bond donors (Lipinski definition) is 1. The van der Waals surface area contributed by atoms with E-state index >= 15 is 0 Å². The van der Waals surface area contributed by atoms with E-state index in [-0.39, 0.29) is 5.78 Å². The topological polar surface area (TPSA) is 29.1 Å². The second-order valence-electron chi connectivity index (χ2n) is 5.62. The Kier molecular flexibility index (Phi) is 3.78. The highest BCUT2D eigenvalue weighted by Gasteiger charge is 2.18. The van der Waals surface area contributed by atoms with Crippen molar-refractivity contribution in [2.75, 3.05) is 6.54 Å². The van der Waals surface area contributed by atoms with Crippen molar-refractivity contribution in [3.63, 3.8) is 0 Å². The van der Waals surface area contributed by atoms with Crippen molar-refractivity contribution in [1.82, 2.24) is 5.32 Å². The van der Waals surface area contributed by atoms with Gasteiger partial charge in [0.05, 0.1) is 0 Å². The number of fused-ring (bicyclic) bond motifs is 1. The highest BCUT2D eigenvalue weighted by molar-refractivity contribution is 6.09. The first-order valence-corrected chi connectivity index (χ1v) is 7.71. The molecule has 108 valence electrons. The Morgan fingerprint density at radius 1 is 1.05 bits per heavy atom. The molecular weight excluding hydrogens is 258 g/mol. The summed E-state index contributed by atoms with van der Waals surface area (Å²) in [7, 11) is 0. The van der Waals surface area contributed by atoms with E-state index in [1.807, 2.05) is 24.3 Å². The number of carbonyl (C=O) groups excluding carboxylic acids is 1. The van der Waals surface area contributed by atoms with Crippen LogP contribution in [-0.4, -0.2) is 12.3 Å². The molecule has 0 atom stereocenters. The zero-order valence-corrected chi connectivity index (χ0v) is 12.7. The van der Waals surface area contributed by atoms with Crippen molar-refractivity contribution in [3.8, 4) is 0 Å². The van der Waals surface area contributed by atoms with Gasteiger partial charge in [-0.15, -0.1) is 0 Å². The van der Waals surface area contributed by atoms with Gasteiger partial charge in [0.15, 0.2) is 5.78 Å². The van der Waals surface area contributed by atoms with Crippen molar-refractivity contribution in [2.24, 2.45) is 0 Å². The molecule has 0 saturated heterocycles. The summed E-state index contributed by atoms with van der Waals surface area (Å²) < 4.78 is 0. The number of carbonyl (C=O) groups is 1. The molecule has 2 aromatic carbocycles. The molecule has 2 nitrogen and oxygen atoms in total. The average Bonchev–Trinajstić information content (AvgIpc) is 2.43. The first kappa shape index (κ1) is 13.9. The number of hydrogen-bond acceptors (Lipinski definition) is 2. The van der Waals surface area contributed by atoms with E-state index in [9.17, 15) is 4.79 Å². The molecule has 2 heteroatoms. The lowest BCUT2D eigenvalue weighted by molar-refractivity contribution is 0.101. The Bertz CT molecular complexity index is 721. The third kappa shape index (κ3) is 2.46. The van der Waals surface area contributed by atoms with Gasteiger partial charge in [0.25, 0.3) is 0 Å². The first-order chi connectivity index (χ1) is 10.2. The minimum absolute atomic E-state index is 0.124. The van der Waals surface area contributed by atoms with Gasteiger partial charge in [-0.2, -0.15) is 0 Å². The van der Waals surface area contributed by atoms with Crippen LogP contribution >= 0.6 is 0 Å². The van der Waals surface area contributed by atoms with Crippen LogP contribution in [0.3, 0.4) is 0 Å². The van der Waals surface area contributed by atoms with Gasteiger partial charge in [-0.25, -0.2) is 0 Å². The quantitative estimate of drug-likeness (QED) is 0.832. The Morgan fingerprint density at radius 2 is 1.67 bits per heavy atom. The number of benzene rings is 2. The minimum Gasteiger partial charge on any atom is -0.385 e. The summed E-state index contributed by atoms with van der Waals surface area (Å²) in [5.74, 6) is 0.124. The lowest BCUT2D eigenvalue weighted by atomic mass is 9.86. The SMILES string of the molecule is CCNC(=C1CCC1)c1ccc(C(C)=O)c2ccccc12. The van der Waals surface area contributed by atoms with Gasteiger partial charge in [0, 0.05) is 23.4 Å². The molecule has 1 aliphatic carbocycles. The number of rotatable bonds is 4. The molecule has 0 bridgehead atoms. The van der Waals surface area contributed by atoms with Crippen LogP contribution in [0.15, 0.2) is 42.0 Å². The monoisotopic (exact) mass is 279 g/mol. The third-order valence-corrected chi connectivity index (χ3v) is 4.24. The summed E-state index contributed by atoms with van der Waals surface area (Å²) in [6.07, 6.45) is 3.66. The fraction of sp³-hybridized carbons (Fsp3) is 0.316. The second-order valence-corrected chi connectivity index (χ2v) is 5.62. The molecule has 0 unspecified atom stereocenters. The van der Waals surface area contributed by atoms with Crippen molar-refractivity contribution in [1.29, 1.82) is 0 Å². The predicted octanol–water partition coefficient (Wildman–Crippen LogP) is 4.55. The summed E-state index contributed by atoms with van der Waals surface area (Å²) in [5.41, 5.74) is 4.82. The van der Waals surface area contributed by atoms with Crippen molar-refractivity contribution in [3.05, 3.63) is 53.1 Å². The van der Waals surface area contributed by atoms with Crippen LogP contribution in [0, 0.1) is 0 Å². The Morgan fingerprint density at radius 3 is 2.19 bits per heavy atom. The molecule has 0 aromatic heterocycles. The minimum atomic E-state index is 0.124. The summed E-state index contributed by atoms with van der Waals surface area (Å²) in [6.45, 7) is 4.68. The molecule has 0 spiro atoms. The van der Waals surface area contributed by atoms with Crippen molar-refractivity contribution < 1.29 is 4.79 Å². The molecular formula is C19H21NO. The molecule has 1 saturated carbocycles. The lowest BCUT2D eigenvalue weighted by Crippen LogP contribution is -2.17. The van der Waals surface area contributed by atoms with Crippen molar-refractivity contribution >= 4 is 22.3 Å². The fourth-order valence-electron chi connectivity index (χ4n) is 3.02. The van der Waals surface area contributed by atoms with Gasteiger partial charge in [-0.3, -0.25) is 4.79 Å². The maximum atomic E-state index is 11.8. The number of nitrogens with one attached hydrogen (secondary N) is 1. The zero-order chi connectivity index (χ0) is 14.8. The smallest absolute Gasteiger partial charge is 0.160 e. The Balaban J connectivity index is 2.24. The number of Topliss-reactive ketones (excluding diaryl/α,β-unsaturated/α-hetero) is 1. The van der Waals surface area contributed by atoms with E-state index in [1.165, 1.54) is 41.5 Å². The van der Waals surface area contributed by atoms with E-state index in [0.29, 0.717) is 0 Å². The molecule has 2 aromatic rings. The highest BCUT2D eigenvalue weighted by Crippen LogP contribution is 2.35. The van der Waals surface area contributed by atoms with E-state index < -0.39 is 0 Å². The Hall–Kier alpha value is -2.09. The largest absolute Gasteiger partial charge is 0.385 e. The molecule has 3 rings (SSSR count). The second kappa shape index (κ2) is 5.72. The van der Waals surface area contributed by atoms with Crippen LogP contribution in [0.4, 0.5) is 0 Å². The summed E-state index contributed by atoms with van der Waals surface area (Å²) >= 11 is 0. The van der Waals surface area contributed by atoms with Crippen LogP contribution in [0.1, 0.15) is 49.0 Å². The predicted molar refractivity (Wildman–Crippen MR) is 88.4 cm³/mol. The van der Waals surface area contributed by atoms with Gasteiger partial charge < -0.3 is 5.32 Å². The van der Waals surface area contributed by atoms with Crippen LogP contribution < -0.4 is 5.32 Å².